The van der Waals surface area contributed by atoms with Crippen LogP contribution in [0.15, 0.2) is 0 Å². The van der Waals surface area contributed by atoms with Crippen LogP contribution in [-0.4, -0.2) is 40.7 Å². The predicted octanol–water partition coefficient (Wildman–Crippen LogP) is 0.959. The number of hydrogen-bond acceptors (Lipinski definition) is 4. The second-order valence-electron chi connectivity index (χ2n) is 5.07. The fraction of sp³-hybridized carbons (Fsp3) is 1.00. The summed E-state index contributed by atoms with van der Waals surface area (Å²) in [6.07, 6.45) is -0.574. The van der Waals surface area contributed by atoms with Crippen molar-refractivity contribution in [3.05, 3.63) is 0 Å². The van der Waals surface area contributed by atoms with E-state index in [1.54, 1.807) is 6.92 Å². The maximum Gasteiger partial charge on any atom is 0.212 e. The maximum atomic E-state index is 11.8. The Hall–Kier alpha value is -0.170. The highest BCUT2D eigenvalue weighted by atomic mass is 32.2. The molecule has 5 nitrogen and oxygen atoms in total. The van der Waals surface area contributed by atoms with Crippen LogP contribution in [0.4, 0.5) is 0 Å². The first-order valence-corrected chi connectivity index (χ1v) is 6.82. The third-order valence-electron chi connectivity index (χ3n) is 1.86. The van der Waals surface area contributed by atoms with Crippen molar-refractivity contribution in [3.8, 4) is 0 Å². The molecule has 0 aromatic carbocycles. The van der Waals surface area contributed by atoms with E-state index in [1.807, 2.05) is 20.8 Å². The molecule has 0 radical (unpaired) electrons. The Kier molecular flexibility index (Phi) is 5.89. The van der Waals surface area contributed by atoms with Gasteiger partial charge in [-0.2, -0.15) is 0 Å². The van der Waals surface area contributed by atoms with E-state index in [0.717, 1.165) is 0 Å². The highest BCUT2D eigenvalue weighted by Crippen LogP contribution is 2.16. The summed E-state index contributed by atoms with van der Waals surface area (Å²) in [4.78, 5) is 0. The van der Waals surface area contributed by atoms with Crippen molar-refractivity contribution in [2.24, 2.45) is 5.41 Å². The Labute approximate surface area is 98.6 Å². The molecule has 1 atom stereocenters. The molecule has 0 amide bonds. The lowest BCUT2D eigenvalue weighted by Gasteiger charge is -2.24. The molecule has 0 spiro atoms. The lowest BCUT2D eigenvalue weighted by Crippen LogP contribution is -2.45. The van der Waals surface area contributed by atoms with Gasteiger partial charge in [-0.15, -0.1) is 0 Å². The molecular weight excluding hydrogens is 230 g/mol. The SMILES string of the molecule is COC(OC)C(C)NS(=O)(=O)CC(C)(C)C. The normalized spacial score (nSPS) is 15.4. The van der Waals surface area contributed by atoms with Crippen LogP contribution >= 0.6 is 0 Å². The molecule has 0 bridgehead atoms. The van der Waals surface area contributed by atoms with Crippen LogP contribution in [0.5, 0.6) is 0 Å². The number of nitrogens with one attached hydrogen (secondary N) is 1. The molecule has 0 rings (SSSR count). The van der Waals surface area contributed by atoms with E-state index in [1.165, 1.54) is 14.2 Å². The van der Waals surface area contributed by atoms with Crippen LogP contribution in [0.3, 0.4) is 0 Å². The molecule has 0 aromatic rings. The molecular formula is C10H23NO4S. The highest BCUT2D eigenvalue weighted by Gasteiger charge is 2.26. The zero-order valence-electron chi connectivity index (χ0n) is 10.9. The van der Waals surface area contributed by atoms with Gasteiger partial charge in [0.15, 0.2) is 6.29 Å². The first-order chi connectivity index (χ1) is 7.11. The lowest BCUT2D eigenvalue weighted by molar-refractivity contribution is -0.115. The van der Waals surface area contributed by atoms with Crippen LogP contribution in [0.1, 0.15) is 27.7 Å². The third-order valence-corrected chi connectivity index (χ3v) is 3.84. The monoisotopic (exact) mass is 253 g/mol. The number of methoxy groups -OCH3 is 2. The topological polar surface area (TPSA) is 64.6 Å². The van der Waals surface area contributed by atoms with Gasteiger partial charge in [-0.3, -0.25) is 0 Å². The molecule has 0 heterocycles. The quantitative estimate of drug-likeness (QED) is 0.716. The van der Waals surface area contributed by atoms with Gasteiger partial charge >= 0.3 is 0 Å². The Morgan fingerprint density at radius 2 is 1.62 bits per heavy atom. The minimum absolute atomic E-state index is 0.0739. The number of hydrogen-bond donors (Lipinski definition) is 1. The number of rotatable bonds is 6. The second-order valence-corrected chi connectivity index (χ2v) is 6.82. The van der Waals surface area contributed by atoms with E-state index < -0.39 is 22.4 Å². The molecule has 0 aliphatic rings. The molecule has 0 aliphatic carbocycles. The third kappa shape index (κ3) is 6.42. The standard InChI is InChI=1S/C10H23NO4S/c1-8(9(14-5)15-6)11-16(12,13)7-10(2,3)4/h8-9,11H,7H2,1-6H3. The van der Waals surface area contributed by atoms with Crippen LogP contribution in [0.2, 0.25) is 0 Å². The molecule has 16 heavy (non-hydrogen) atoms. The first kappa shape index (κ1) is 15.8. The fourth-order valence-electron chi connectivity index (χ4n) is 1.45. The van der Waals surface area contributed by atoms with Gasteiger partial charge in [-0.1, -0.05) is 20.8 Å². The highest BCUT2D eigenvalue weighted by molar-refractivity contribution is 7.89. The van der Waals surface area contributed by atoms with Crippen LogP contribution in [0.25, 0.3) is 0 Å². The van der Waals surface area contributed by atoms with Crippen molar-refractivity contribution in [3.63, 3.8) is 0 Å². The minimum atomic E-state index is -3.31. The number of sulfonamides is 1. The average Bonchev–Trinajstić information content (AvgIpc) is 1.99. The van der Waals surface area contributed by atoms with Crippen LogP contribution < -0.4 is 4.72 Å². The summed E-state index contributed by atoms with van der Waals surface area (Å²) in [5, 5.41) is 0. The molecule has 6 heteroatoms. The van der Waals surface area contributed by atoms with Gasteiger partial charge in [-0.05, 0) is 12.3 Å². The molecule has 0 aliphatic heterocycles. The van der Waals surface area contributed by atoms with Gasteiger partial charge in [0.1, 0.15) is 0 Å². The summed E-state index contributed by atoms with van der Waals surface area (Å²) in [6.45, 7) is 7.33. The van der Waals surface area contributed by atoms with Crippen molar-refractivity contribution >= 4 is 10.0 Å². The van der Waals surface area contributed by atoms with Gasteiger partial charge in [0.05, 0.1) is 11.8 Å². The van der Waals surface area contributed by atoms with Crippen molar-refractivity contribution in [1.82, 2.24) is 4.72 Å². The average molecular weight is 253 g/mol. The maximum absolute atomic E-state index is 11.8. The minimum Gasteiger partial charge on any atom is -0.354 e. The fourth-order valence-corrected chi connectivity index (χ4v) is 3.36. The summed E-state index contributed by atoms with van der Waals surface area (Å²) in [6, 6.07) is -0.414. The Balaban J connectivity index is 4.48. The van der Waals surface area contributed by atoms with Crippen LogP contribution in [0, 0.1) is 5.41 Å². The van der Waals surface area contributed by atoms with E-state index in [-0.39, 0.29) is 11.2 Å². The zero-order chi connectivity index (χ0) is 13.0. The summed E-state index contributed by atoms with van der Waals surface area (Å²) in [7, 11) is -0.364. The van der Waals surface area contributed by atoms with E-state index in [0.29, 0.717) is 0 Å². The Bertz CT molecular complexity index is 290. The molecule has 98 valence electrons. The van der Waals surface area contributed by atoms with Crippen molar-refractivity contribution in [2.45, 2.75) is 40.0 Å². The molecule has 1 N–H and O–H groups in total. The van der Waals surface area contributed by atoms with E-state index in [9.17, 15) is 8.42 Å². The molecule has 0 saturated carbocycles. The predicted molar refractivity (Wildman–Crippen MR) is 63.6 cm³/mol. The summed E-state index contributed by atoms with van der Waals surface area (Å²) >= 11 is 0. The lowest BCUT2D eigenvalue weighted by atomic mass is 10.0. The van der Waals surface area contributed by atoms with E-state index >= 15 is 0 Å². The van der Waals surface area contributed by atoms with Crippen molar-refractivity contribution < 1.29 is 17.9 Å². The first-order valence-electron chi connectivity index (χ1n) is 5.17. The van der Waals surface area contributed by atoms with Crippen LogP contribution in [-0.2, 0) is 19.5 Å². The molecule has 0 saturated heterocycles. The molecule has 1 unspecified atom stereocenters. The second kappa shape index (κ2) is 5.95. The molecule has 0 aromatic heterocycles. The van der Waals surface area contributed by atoms with Crippen molar-refractivity contribution in [1.29, 1.82) is 0 Å². The smallest absolute Gasteiger partial charge is 0.212 e. The van der Waals surface area contributed by atoms with Gasteiger partial charge in [0, 0.05) is 14.2 Å². The van der Waals surface area contributed by atoms with Gasteiger partial charge in [-0.25, -0.2) is 13.1 Å². The van der Waals surface area contributed by atoms with Gasteiger partial charge < -0.3 is 9.47 Å². The van der Waals surface area contributed by atoms with Gasteiger partial charge in [0.25, 0.3) is 0 Å². The summed E-state index contributed by atoms with van der Waals surface area (Å²) < 4.78 is 36.1. The van der Waals surface area contributed by atoms with E-state index in [4.69, 9.17) is 9.47 Å². The molecule has 0 fully saturated rings. The summed E-state index contributed by atoms with van der Waals surface area (Å²) in [5.74, 6) is 0.0739. The largest absolute Gasteiger partial charge is 0.354 e. The Morgan fingerprint density at radius 3 is 1.94 bits per heavy atom. The number of ether oxygens (including phenoxy) is 2. The van der Waals surface area contributed by atoms with Crippen molar-refractivity contribution in [2.75, 3.05) is 20.0 Å². The Morgan fingerprint density at radius 1 is 1.19 bits per heavy atom. The zero-order valence-corrected chi connectivity index (χ0v) is 11.7. The van der Waals surface area contributed by atoms with E-state index in [2.05, 4.69) is 4.72 Å². The summed E-state index contributed by atoms with van der Waals surface area (Å²) in [5.41, 5.74) is -0.277. The van der Waals surface area contributed by atoms with Gasteiger partial charge in [0.2, 0.25) is 10.0 Å².